The van der Waals surface area contributed by atoms with Gasteiger partial charge in [-0.3, -0.25) is 24.0 Å². The number of morpholine rings is 3. The third-order valence-corrected chi connectivity index (χ3v) is 20.2. The van der Waals surface area contributed by atoms with E-state index in [1.165, 1.54) is 0 Å². The van der Waals surface area contributed by atoms with Gasteiger partial charge in [0.05, 0.1) is 67.3 Å². The zero-order chi connectivity index (χ0) is 77.8. The van der Waals surface area contributed by atoms with Crippen molar-refractivity contribution in [1.82, 2.24) is 44.9 Å². The minimum atomic E-state index is -3.40. The number of carbonyl (C=O) groups excluding carboxylic acids is 5. The van der Waals surface area contributed by atoms with Crippen LogP contribution in [0.3, 0.4) is 0 Å². The monoisotopic (exact) mass is 1520 g/mol. The Kier molecular flexibility index (Phi) is 25.3. The highest BCUT2D eigenvalue weighted by atomic mass is 32.2. The lowest BCUT2D eigenvalue weighted by Crippen LogP contribution is -2.36. The van der Waals surface area contributed by atoms with Gasteiger partial charge in [0.15, 0.2) is 9.84 Å². The fraction of sp³-hybridized carbons (Fsp3) is 0.244. The lowest BCUT2D eigenvalue weighted by molar-refractivity contribution is -0.118. The Labute approximate surface area is 647 Å². The number of nitrogens with one attached hydrogen (secondary N) is 6. The average Bonchev–Trinajstić information content (AvgIpc) is 1.65. The lowest BCUT2D eigenvalue weighted by Gasteiger charge is -2.27. The Hall–Kier alpha value is -13.2. The number of hydrogen-bond donors (Lipinski definition) is 6. The number of rotatable bonds is 21. The van der Waals surface area contributed by atoms with E-state index in [1.807, 2.05) is 103 Å². The molecular formula is C86H81N15O10S. The Morgan fingerprint density at radius 2 is 0.616 bits per heavy atom. The maximum Gasteiger partial charge on any atom is 0.300 e. The second-order valence-corrected chi connectivity index (χ2v) is 28.8. The first-order valence-electron chi connectivity index (χ1n) is 36.6. The fourth-order valence-electron chi connectivity index (χ4n) is 13.2. The van der Waals surface area contributed by atoms with Gasteiger partial charge in [-0.05, 0) is 143 Å². The number of ether oxygens (including phenoxy) is 3. The van der Waals surface area contributed by atoms with Gasteiger partial charge in [-0.2, -0.15) is 0 Å². The zero-order valence-corrected chi connectivity index (χ0v) is 62.9. The van der Waals surface area contributed by atoms with Crippen LogP contribution in [0.2, 0.25) is 0 Å². The number of nitrogens with zero attached hydrogens (tertiary/aromatic N) is 9. The summed E-state index contributed by atoms with van der Waals surface area (Å²) in [6.07, 6.45) is 6.10. The number of amides is 3. The number of Topliss-reactive ketones (excluding diaryl/α,β-unsaturated/α-hetero) is 2. The number of sulfone groups is 1. The van der Waals surface area contributed by atoms with Crippen molar-refractivity contribution < 1.29 is 46.6 Å². The van der Waals surface area contributed by atoms with E-state index in [9.17, 15) is 32.4 Å². The molecule has 3 amide bonds. The molecule has 6 aromatic heterocycles. The van der Waals surface area contributed by atoms with Crippen LogP contribution in [0.15, 0.2) is 183 Å². The molecule has 0 saturated carbocycles. The first-order chi connectivity index (χ1) is 54.6. The summed E-state index contributed by atoms with van der Waals surface area (Å²) in [5, 5.41) is 11.0. The van der Waals surface area contributed by atoms with Crippen molar-refractivity contribution in [2.24, 2.45) is 0 Å². The van der Waals surface area contributed by atoms with Crippen LogP contribution in [-0.2, 0) is 85.2 Å². The van der Waals surface area contributed by atoms with Gasteiger partial charge in [-0.15, -0.1) is 0 Å². The van der Waals surface area contributed by atoms with Gasteiger partial charge in [0.2, 0.25) is 0 Å². The van der Waals surface area contributed by atoms with E-state index in [0.717, 1.165) is 146 Å². The van der Waals surface area contributed by atoms with Crippen LogP contribution in [0, 0.1) is 35.5 Å². The molecule has 26 heteroatoms. The Balaban J connectivity index is 0.000000147. The first kappa shape index (κ1) is 77.0. The van der Waals surface area contributed by atoms with Crippen molar-refractivity contribution in [2.75, 3.05) is 110 Å². The van der Waals surface area contributed by atoms with Crippen molar-refractivity contribution >= 4 is 107 Å². The first-order valence-corrected chi connectivity index (χ1v) is 38.4. The number of ketones is 2. The van der Waals surface area contributed by atoms with E-state index >= 15 is 0 Å². The van der Waals surface area contributed by atoms with Crippen LogP contribution in [0.25, 0.3) is 66.9 Å². The van der Waals surface area contributed by atoms with E-state index in [0.29, 0.717) is 93.5 Å². The largest absolute Gasteiger partial charge is 0.378 e. The van der Waals surface area contributed by atoms with Crippen molar-refractivity contribution in [3.05, 3.63) is 216 Å². The van der Waals surface area contributed by atoms with Crippen molar-refractivity contribution in [1.29, 1.82) is 0 Å². The summed E-state index contributed by atoms with van der Waals surface area (Å²) in [4.78, 5) is 104. The SMILES string of the molecule is CC#CC(=O)Nc1ccc(CC(=O)Cc2ccc(-c3cc4c(N5CCOCC5)ncnc4[nH]3)cc2)cc1.CC#CC(=O)Nc1ccc(CC(=O)Cc2ccc(-c3cc4c(N5CCOCC5)ncnc4[nH]3)cc2)cc1.CC#CC(=O)Nc1ccc(CS(=O)(=O)Cc2ccc(-c3cc4c(N5CCOCC5)ncnc4[nH]3)cc2)cc1. The highest BCUT2D eigenvalue weighted by Crippen LogP contribution is 2.34. The predicted octanol–water partition coefficient (Wildman–Crippen LogP) is 11.1. The molecule has 0 spiro atoms. The van der Waals surface area contributed by atoms with Crippen LogP contribution in [0.4, 0.5) is 34.5 Å². The molecule has 6 N–H and O–H groups in total. The number of fused-ring (bicyclic) bond motifs is 3. The fourth-order valence-corrected chi connectivity index (χ4v) is 14.7. The van der Waals surface area contributed by atoms with Crippen molar-refractivity contribution in [3.63, 3.8) is 0 Å². The molecule has 9 heterocycles. The Bertz CT molecular complexity index is 5450. The third kappa shape index (κ3) is 20.6. The van der Waals surface area contributed by atoms with Crippen LogP contribution in [0.5, 0.6) is 0 Å². The van der Waals surface area contributed by atoms with Gasteiger partial charge in [0, 0.05) is 99.1 Å². The molecule has 3 aliphatic heterocycles. The van der Waals surface area contributed by atoms with Gasteiger partial charge < -0.3 is 59.8 Å². The summed E-state index contributed by atoms with van der Waals surface area (Å²) >= 11 is 0. The van der Waals surface area contributed by atoms with E-state index in [-0.39, 0.29) is 34.9 Å². The molecule has 12 aromatic rings. The molecule has 0 aliphatic carbocycles. The number of hydrogen-bond acceptors (Lipinski definition) is 19. The number of aromatic nitrogens is 9. The van der Waals surface area contributed by atoms with Gasteiger partial charge in [0.1, 0.15) is 64.9 Å². The molecule has 6 aromatic carbocycles. The van der Waals surface area contributed by atoms with Gasteiger partial charge >= 0.3 is 0 Å². The maximum absolute atomic E-state index is 12.9. The van der Waals surface area contributed by atoms with E-state index < -0.39 is 15.7 Å². The van der Waals surface area contributed by atoms with Crippen LogP contribution >= 0.6 is 0 Å². The molecule has 0 atom stereocenters. The third-order valence-electron chi connectivity index (χ3n) is 18.7. The molecule has 0 unspecified atom stereocenters. The molecule has 0 radical (unpaired) electrons. The summed E-state index contributed by atoms with van der Waals surface area (Å²) in [6, 6.07) is 51.0. The second kappa shape index (κ2) is 36.8. The summed E-state index contributed by atoms with van der Waals surface area (Å²) in [5.74, 6) is 16.6. The highest BCUT2D eigenvalue weighted by molar-refractivity contribution is 7.89. The van der Waals surface area contributed by atoms with E-state index in [4.69, 9.17) is 14.2 Å². The zero-order valence-electron chi connectivity index (χ0n) is 62.1. The molecule has 3 saturated heterocycles. The summed E-state index contributed by atoms with van der Waals surface area (Å²) < 4.78 is 42.1. The quantitative estimate of drug-likeness (QED) is 0.0364. The van der Waals surface area contributed by atoms with E-state index in [1.54, 1.807) is 88.3 Å². The van der Waals surface area contributed by atoms with Crippen LogP contribution in [-0.4, -0.2) is 161 Å². The predicted molar refractivity (Wildman–Crippen MR) is 434 cm³/mol. The number of anilines is 6. The number of benzene rings is 6. The maximum atomic E-state index is 12.9. The molecule has 25 nitrogen and oxygen atoms in total. The van der Waals surface area contributed by atoms with E-state index in [2.05, 4.69) is 123 Å². The van der Waals surface area contributed by atoms with Crippen molar-refractivity contribution in [3.8, 4) is 69.3 Å². The number of carbonyl (C=O) groups is 5. The standard InChI is InChI=1S/2C29H27N5O3.C28H27N5O4S/c2*1-2-3-27(36)32-23-10-6-21(7-11-23)17-24(35)16-20-4-8-22(9-5-20)26-18-25-28(33-26)30-19-31-29(25)34-12-14-37-15-13-34;1-2-3-26(34)31-23-10-6-21(7-11-23)18-38(35,36)17-20-4-8-22(9-5-20)25-16-24-27(32-25)29-19-30-28(24)33-12-14-37-15-13-33/h2*4-11,18-19H,12-17H2,1H3,(H,32,36)(H,30,31,33);4-11,16,19H,12-15,17-18H2,1H3,(H,31,34)(H,29,30,32). The lowest BCUT2D eigenvalue weighted by atomic mass is 10.0. The minimum absolute atomic E-state index is 0.0722. The molecule has 15 rings (SSSR count). The number of H-pyrrole nitrogens is 3. The molecule has 0 bridgehead atoms. The molecular weight excluding hydrogens is 1440 g/mol. The average molecular weight is 1520 g/mol. The van der Waals surface area contributed by atoms with Gasteiger partial charge in [-0.1, -0.05) is 127 Å². The smallest absolute Gasteiger partial charge is 0.300 e. The summed E-state index contributed by atoms with van der Waals surface area (Å²) in [5.41, 5.74) is 15.1. The van der Waals surface area contributed by atoms with Gasteiger partial charge in [-0.25, -0.2) is 38.3 Å². The Morgan fingerprint density at radius 3 is 0.884 bits per heavy atom. The van der Waals surface area contributed by atoms with Crippen LogP contribution < -0.4 is 30.7 Å². The molecule has 3 fully saturated rings. The normalized spacial score (nSPS) is 13.3. The topological polar surface area (TPSA) is 318 Å². The second-order valence-electron chi connectivity index (χ2n) is 26.7. The van der Waals surface area contributed by atoms with Gasteiger partial charge in [0.25, 0.3) is 17.7 Å². The summed E-state index contributed by atoms with van der Waals surface area (Å²) in [6.45, 7) is 13.7. The van der Waals surface area contributed by atoms with Crippen LogP contribution in [0.1, 0.15) is 54.2 Å². The molecule has 3 aliphatic rings. The highest BCUT2D eigenvalue weighted by Gasteiger charge is 2.23. The van der Waals surface area contributed by atoms with Crippen molar-refractivity contribution in [2.45, 2.75) is 58.0 Å². The Morgan fingerprint density at radius 1 is 0.366 bits per heavy atom. The molecule has 112 heavy (non-hydrogen) atoms. The number of aromatic amines is 3. The minimum Gasteiger partial charge on any atom is -0.378 e. The summed E-state index contributed by atoms with van der Waals surface area (Å²) in [7, 11) is -3.40. The molecule has 566 valence electrons.